The summed E-state index contributed by atoms with van der Waals surface area (Å²) in [6.07, 6.45) is 4.94. The standard InChI is InChI=1S/C16H11N5O2S/c1-24-16-20-13(12(9-17)14(22)21-16)10-4-2-5-11(8-10)23-15-18-6-3-7-19-15/h2-8H,1H3,(H,20,21,22). The second-order valence-electron chi connectivity index (χ2n) is 4.57. The molecule has 0 saturated heterocycles. The van der Waals surface area contributed by atoms with Gasteiger partial charge in [-0.15, -0.1) is 0 Å². The van der Waals surface area contributed by atoms with E-state index >= 15 is 0 Å². The van der Waals surface area contributed by atoms with Crippen molar-refractivity contribution in [3.8, 4) is 29.1 Å². The van der Waals surface area contributed by atoms with Crippen LogP contribution in [0.5, 0.6) is 11.8 Å². The van der Waals surface area contributed by atoms with Crippen molar-refractivity contribution in [3.63, 3.8) is 0 Å². The Hall–Kier alpha value is -3.18. The van der Waals surface area contributed by atoms with Gasteiger partial charge >= 0.3 is 6.01 Å². The Morgan fingerprint density at radius 2 is 2.04 bits per heavy atom. The molecule has 0 fully saturated rings. The van der Waals surface area contributed by atoms with E-state index < -0.39 is 5.56 Å². The van der Waals surface area contributed by atoms with Crippen molar-refractivity contribution in [3.05, 3.63) is 58.6 Å². The van der Waals surface area contributed by atoms with Crippen molar-refractivity contribution < 1.29 is 4.74 Å². The highest BCUT2D eigenvalue weighted by molar-refractivity contribution is 7.98. The molecule has 7 nitrogen and oxygen atoms in total. The molecule has 118 valence electrons. The molecule has 0 aliphatic rings. The van der Waals surface area contributed by atoms with Crippen LogP contribution in [-0.4, -0.2) is 26.2 Å². The topological polar surface area (TPSA) is 105 Å². The average molecular weight is 337 g/mol. The number of nitrogens with one attached hydrogen (secondary N) is 1. The van der Waals surface area contributed by atoms with Gasteiger partial charge in [0.25, 0.3) is 5.56 Å². The van der Waals surface area contributed by atoms with Crippen molar-refractivity contribution in [2.75, 3.05) is 6.26 Å². The van der Waals surface area contributed by atoms with Crippen molar-refractivity contribution >= 4 is 11.8 Å². The minimum atomic E-state index is -0.468. The fourth-order valence-electron chi connectivity index (χ4n) is 2.01. The summed E-state index contributed by atoms with van der Waals surface area (Å²) in [5, 5.41) is 9.70. The monoisotopic (exact) mass is 337 g/mol. The molecule has 0 saturated carbocycles. The van der Waals surface area contributed by atoms with Gasteiger partial charge in [0.15, 0.2) is 5.16 Å². The second kappa shape index (κ2) is 6.93. The Bertz CT molecular complexity index is 966. The maximum atomic E-state index is 12.0. The SMILES string of the molecule is CSc1nc(-c2cccc(Oc3ncccn3)c2)c(C#N)c(=O)[nH]1. The Morgan fingerprint density at radius 1 is 1.25 bits per heavy atom. The van der Waals surface area contributed by atoms with E-state index in [2.05, 4.69) is 19.9 Å². The lowest BCUT2D eigenvalue weighted by atomic mass is 10.1. The van der Waals surface area contributed by atoms with Gasteiger partial charge in [0.05, 0.1) is 5.69 Å². The summed E-state index contributed by atoms with van der Waals surface area (Å²) in [7, 11) is 0. The number of benzene rings is 1. The van der Waals surface area contributed by atoms with E-state index in [1.807, 2.05) is 6.07 Å². The fraction of sp³-hybridized carbons (Fsp3) is 0.0625. The van der Waals surface area contributed by atoms with Crippen molar-refractivity contribution in [1.82, 2.24) is 19.9 Å². The Morgan fingerprint density at radius 3 is 2.75 bits per heavy atom. The molecular formula is C16H11N5O2S. The van der Waals surface area contributed by atoms with Gasteiger partial charge in [-0.2, -0.15) is 5.26 Å². The smallest absolute Gasteiger partial charge is 0.321 e. The van der Waals surface area contributed by atoms with E-state index in [1.165, 1.54) is 11.8 Å². The lowest BCUT2D eigenvalue weighted by molar-refractivity contribution is 0.442. The number of ether oxygens (including phenoxy) is 1. The summed E-state index contributed by atoms with van der Waals surface area (Å²) in [5.74, 6) is 0.482. The quantitative estimate of drug-likeness (QED) is 0.576. The molecule has 1 N–H and O–H groups in total. The molecule has 0 aliphatic carbocycles. The number of aromatic nitrogens is 4. The van der Waals surface area contributed by atoms with E-state index in [4.69, 9.17) is 4.74 Å². The second-order valence-corrected chi connectivity index (χ2v) is 5.37. The van der Waals surface area contributed by atoms with Crippen LogP contribution < -0.4 is 10.3 Å². The third kappa shape index (κ3) is 3.26. The van der Waals surface area contributed by atoms with Crippen LogP contribution in [0.1, 0.15) is 5.56 Å². The van der Waals surface area contributed by atoms with Crippen molar-refractivity contribution in [1.29, 1.82) is 5.26 Å². The summed E-state index contributed by atoms with van der Waals surface area (Å²) in [5.41, 5.74) is 0.400. The normalized spacial score (nSPS) is 10.2. The number of H-pyrrole nitrogens is 1. The van der Waals surface area contributed by atoms with Gasteiger partial charge in [-0.3, -0.25) is 4.79 Å². The summed E-state index contributed by atoms with van der Waals surface area (Å²) in [6, 6.07) is 10.7. The molecule has 24 heavy (non-hydrogen) atoms. The number of thioether (sulfide) groups is 1. The molecule has 0 radical (unpaired) electrons. The zero-order valence-electron chi connectivity index (χ0n) is 12.6. The molecule has 2 heterocycles. The molecule has 0 aliphatic heterocycles. The largest absolute Gasteiger partial charge is 0.424 e. The van der Waals surface area contributed by atoms with Gasteiger partial charge in [-0.05, 0) is 24.5 Å². The Kier molecular flexibility index (Phi) is 4.54. The number of hydrogen-bond donors (Lipinski definition) is 1. The third-order valence-corrected chi connectivity index (χ3v) is 3.64. The van der Waals surface area contributed by atoms with Gasteiger partial charge in [-0.25, -0.2) is 15.0 Å². The number of nitriles is 1. The first-order valence-electron chi connectivity index (χ1n) is 6.85. The van der Waals surface area contributed by atoms with E-state index in [0.717, 1.165) is 0 Å². The van der Waals surface area contributed by atoms with Gasteiger partial charge in [-0.1, -0.05) is 23.9 Å². The van der Waals surface area contributed by atoms with Gasteiger partial charge in [0.2, 0.25) is 0 Å². The van der Waals surface area contributed by atoms with Crippen LogP contribution in [0.25, 0.3) is 11.3 Å². The predicted molar refractivity (Wildman–Crippen MR) is 88.9 cm³/mol. The molecule has 1 aromatic carbocycles. The number of aromatic amines is 1. The van der Waals surface area contributed by atoms with Gasteiger partial charge in [0, 0.05) is 18.0 Å². The molecule has 0 bridgehead atoms. The highest BCUT2D eigenvalue weighted by Gasteiger charge is 2.14. The van der Waals surface area contributed by atoms with Crippen LogP contribution in [0.15, 0.2) is 52.7 Å². The van der Waals surface area contributed by atoms with Crippen LogP contribution in [0.2, 0.25) is 0 Å². The molecule has 8 heteroatoms. The number of nitrogens with zero attached hydrogens (tertiary/aromatic N) is 4. The van der Waals surface area contributed by atoms with Crippen LogP contribution in [0, 0.1) is 11.3 Å². The Labute approximate surface area is 141 Å². The van der Waals surface area contributed by atoms with E-state index in [1.54, 1.807) is 49.0 Å². The summed E-state index contributed by atoms with van der Waals surface area (Å²) in [6.45, 7) is 0. The molecule has 3 rings (SSSR count). The molecule has 0 amide bonds. The van der Waals surface area contributed by atoms with Gasteiger partial charge in [0.1, 0.15) is 17.4 Å². The van der Waals surface area contributed by atoms with E-state index in [-0.39, 0.29) is 11.6 Å². The molecule has 2 aromatic heterocycles. The Balaban J connectivity index is 2.05. The van der Waals surface area contributed by atoms with Crippen LogP contribution in [0.4, 0.5) is 0 Å². The number of hydrogen-bond acceptors (Lipinski definition) is 7. The minimum absolute atomic E-state index is 0.0408. The average Bonchev–Trinajstić information content (AvgIpc) is 2.62. The summed E-state index contributed by atoms with van der Waals surface area (Å²) >= 11 is 1.29. The number of rotatable bonds is 4. The highest BCUT2D eigenvalue weighted by atomic mass is 32.2. The predicted octanol–water partition coefficient (Wildman–Crippen LogP) is 2.61. The molecular weight excluding hydrogens is 326 g/mol. The molecule has 0 unspecified atom stereocenters. The summed E-state index contributed by atoms with van der Waals surface area (Å²) < 4.78 is 5.58. The lowest BCUT2D eigenvalue weighted by Gasteiger charge is -2.07. The van der Waals surface area contributed by atoms with Gasteiger partial charge < -0.3 is 9.72 Å². The zero-order valence-corrected chi connectivity index (χ0v) is 13.4. The highest BCUT2D eigenvalue weighted by Crippen LogP contribution is 2.26. The van der Waals surface area contributed by atoms with Crippen LogP contribution in [-0.2, 0) is 0 Å². The first-order valence-corrected chi connectivity index (χ1v) is 8.07. The fourth-order valence-corrected chi connectivity index (χ4v) is 2.39. The third-order valence-electron chi connectivity index (χ3n) is 3.06. The van der Waals surface area contributed by atoms with Crippen LogP contribution in [0.3, 0.4) is 0 Å². The van der Waals surface area contributed by atoms with Crippen molar-refractivity contribution in [2.24, 2.45) is 0 Å². The first kappa shape index (κ1) is 15.7. The molecule has 0 spiro atoms. The van der Waals surface area contributed by atoms with E-state index in [9.17, 15) is 10.1 Å². The minimum Gasteiger partial charge on any atom is -0.424 e. The first-order chi connectivity index (χ1) is 11.7. The maximum Gasteiger partial charge on any atom is 0.321 e. The van der Waals surface area contributed by atoms with E-state index in [0.29, 0.717) is 22.2 Å². The zero-order chi connectivity index (χ0) is 16.9. The molecule has 3 aromatic rings. The lowest BCUT2D eigenvalue weighted by Crippen LogP contribution is -2.14. The molecule has 0 atom stereocenters. The van der Waals surface area contributed by atoms with Crippen molar-refractivity contribution in [2.45, 2.75) is 5.16 Å². The van der Waals surface area contributed by atoms with Crippen LogP contribution >= 0.6 is 11.8 Å². The maximum absolute atomic E-state index is 12.0. The summed E-state index contributed by atoms with van der Waals surface area (Å²) in [4.78, 5) is 26.9.